The summed E-state index contributed by atoms with van der Waals surface area (Å²) in [5, 5.41) is 7.43. The maximum absolute atomic E-state index is 12.3. The van der Waals surface area contributed by atoms with Crippen LogP contribution in [-0.2, 0) is 13.1 Å². The fourth-order valence-corrected chi connectivity index (χ4v) is 4.55. The lowest BCUT2D eigenvalue weighted by Crippen LogP contribution is -2.21. The van der Waals surface area contributed by atoms with Crippen LogP contribution in [0.4, 0.5) is 0 Å². The van der Waals surface area contributed by atoms with Gasteiger partial charge in [0.2, 0.25) is 0 Å². The lowest BCUT2D eigenvalue weighted by Gasteiger charge is -2.16. The number of halogens is 1. The monoisotopic (exact) mass is 461 g/mol. The van der Waals surface area contributed by atoms with Crippen molar-refractivity contribution >= 4 is 27.9 Å². The van der Waals surface area contributed by atoms with E-state index < -0.39 is 0 Å². The first-order valence-corrected chi connectivity index (χ1v) is 11.4. The minimum absolute atomic E-state index is 0.0570. The Kier molecular flexibility index (Phi) is 5.61. The van der Waals surface area contributed by atoms with Crippen LogP contribution in [-0.4, -0.2) is 31.1 Å². The molecule has 0 radical (unpaired) electrons. The van der Waals surface area contributed by atoms with Crippen LogP contribution < -0.4 is 5.56 Å². The first-order valence-electron chi connectivity index (χ1n) is 10.1. The summed E-state index contributed by atoms with van der Waals surface area (Å²) in [7, 11) is 2.02. The van der Waals surface area contributed by atoms with Crippen molar-refractivity contribution in [2.45, 2.75) is 13.1 Å². The summed E-state index contributed by atoms with van der Waals surface area (Å²) < 4.78 is 3.46. The first kappa shape index (κ1) is 20.6. The number of hydrogen-bond donors (Lipinski definition) is 0. The summed E-state index contributed by atoms with van der Waals surface area (Å²) in [6.45, 7) is 1.20. The zero-order valence-electron chi connectivity index (χ0n) is 17.4. The van der Waals surface area contributed by atoms with E-state index in [0.29, 0.717) is 23.1 Å². The predicted molar refractivity (Wildman–Crippen MR) is 129 cm³/mol. The molecule has 0 N–H and O–H groups in total. The molecule has 3 aromatic heterocycles. The van der Waals surface area contributed by atoms with Crippen molar-refractivity contribution in [2.24, 2.45) is 0 Å². The summed E-state index contributed by atoms with van der Waals surface area (Å²) in [4.78, 5) is 19.8. The van der Waals surface area contributed by atoms with Crippen molar-refractivity contribution in [3.63, 3.8) is 0 Å². The maximum Gasteiger partial charge on any atom is 0.258 e. The second kappa shape index (κ2) is 8.70. The fraction of sp³-hybridized carbons (Fsp3) is 0.125. The van der Waals surface area contributed by atoms with E-state index in [2.05, 4.69) is 16.1 Å². The molecular formula is C24H20ClN5OS. The van der Waals surface area contributed by atoms with Crippen molar-refractivity contribution in [1.29, 1.82) is 0 Å². The van der Waals surface area contributed by atoms with Crippen LogP contribution in [0.25, 0.3) is 21.9 Å². The number of benzene rings is 2. The number of fused-ring (bicyclic) bond motifs is 1. The van der Waals surface area contributed by atoms with Gasteiger partial charge in [-0.3, -0.25) is 14.1 Å². The van der Waals surface area contributed by atoms with Gasteiger partial charge in [0.25, 0.3) is 5.56 Å². The van der Waals surface area contributed by atoms with Gasteiger partial charge in [-0.2, -0.15) is 5.10 Å². The van der Waals surface area contributed by atoms with Gasteiger partial charge in [-0.05, 0) is 31.3 Å². The van der Waals surface area contributed by atoms with Crippen LogP contribution in [0, 0.1) is 0 Å². The Labute approximate surface area is 194 Å². The third-order valence-corrected chi connectivity index (χ3v) is 6.17. The highest BCUT2D eigenvalue weighted by Crippen LogP contribution is 2.26. The van der Waals surface area contributed by atoms with Crippen LogP contribution >= 0.6 is 22.9 Å². The van der Waals surface area contributed by atoms with Gasteiger partial charge in [0, 0.05) is 53.1 Å². The molecule has 0 aliphatic heterocycles. The Balaban J connectivity index is 1.46. The molecule has 0 aliphatic carbocycles. The van der Waals surface area contributed by atoms with E-state index in [9.17, 15) is 4.79 Å². The van der Waals surface area contributed by atoms with E-state index >= 15 is 0 Å². The number of nitrogens with zero attached hydrogens (tertiary/aromatic N) is 5. The third-order valence-electron chi connectivity index (χ3n) is 5.16. The van der Waals surface area contributed by atoms with Crippen LogP contribution in [0.1, 0.15) is 11.3 Å². The van der Waals surface area contributed by atoms with E-state index in [1.54, 1.807) is 16.7 Å². The molecule has 32 heavy (non-hydrogen) atoms. The molecule has 2 aromatic carbocycles. The normalized spacial score (nSPS) is 11.5. The largest absolute Gasteiger partial charge is 0.296 e. The molecule has 0 aliphatic rings. The third kappa shape index (κ3) is 4.23. The van der Waals surface area contributed by atoms with Crippen LogP contribution in [0.2, 0.25) is 5.02 Å². The quantitative estimate of drug-likeness (QED) is 0.361. The van der Waals surface area contributed by atoms with Gasteiger partial charge in [0.15, 0.2) is 4.96 Å². The molecule has 0 amide bonds. The molecule has 160 valence electrons. The average molecular weight is 462 g/mol. The number of hydrogen-bond acceptors (Lipinski definition) is 5. The van der Waals surface area contributed by atoms with E-state index in [4.69, 9.17) is 16.7 Å². The molecule has 0 fully saturated rings. The Morgan fingerprint density at radius 3 is 2.62 bits per heavy atom. The molecule has 0 bridgehead atoms. The highest BCUT2D eigenvalue weighted by Gasteiger charge is 2.15. The molecule has 0 saturated carbocycles. The van der Waals surface area contributed by atoms with Gasteiger partial charge in [0.05, 0.1) is 17.1 Å². The standard InChI is InChI=1S/C24H20ClN5OS/c1-28(16-20-13-22(31)29-11-12-32-24(29)26-20)14-18-15-30(21-5-3-2-4-6-21)27-23(18)17-7-9-19(25)10-8-17/h2-13,15H,14,16H2,1H3. The van der Waals surface area contributed by atoms with Crippen molar-refractivity contribution in [2.75, 3.05) is 7.05 Å². The molecule has 8 heteroatoms. The highest BCUT2D eigenvalue weighted by atomic mass is 35.5. The van der Waals surface area contributed by atoms with Gasteiger partial charge >= 0.3 is 0 Å². The Morgan fingerprint density at radius 1 is 1.06 bits per heavy atom. The Hall–Kier alpha value is -3.26. The highest BCUT2D eigenvalue weighted by molar-refractivity contribution is 7.15. The number of thiazole rings is 1. The summed E-state index contributed by atoms with van der Waals surface area (Å²) >= 11 is 7.55. The molecule has 6 nitrogen and oxygen atoms in total. The SMILES string of the molecule is CN(Cc1cc(=O)n2ccsc2n1)Cc1cn(-c2ccccc2)nc1-c1ccc(Cl)cc1. The topological polar surface area (TPSA) is 55.4 Å². The van der Waals surface area contributed by atoms with E-state index in [-0.39, 0.29) is 5.56 Å². The van der Waals surface area contributed by atoms with Crippen LogP contribution in [0.3, 0.4) is 0 Å². The molecule has 5 rings (SSSR count). The minimum Gasteiger partial charge on any atom is -0.296 e. The van der Waals surface area contributed by atoms with Crippen molar-refractivity contribution in [3.8, 4) is 16.9 Å². The average Bonchev–Trinajstić information content (AvgIpc) is 3.42. The lowest BCUT2D eigenvalue weighted by atomic mass is 10.1. The van der Waals surface area contributed by atoms with Crippen molar-refractivity contribution in [3.05, 3.63) is 105 Å². The van der Waals surface area contributed by atoms with E-state index in [1.165, 1.54) is 11.3 Å². The summed E-state index contributed by atoms with van der Waals surface area (Å²) in [5.41, 5.74) is 4.67. The predicted octanol–water partition coefficient (Wildman–Crippen LogP) is 4.89. The number of para-hydroxylation sites is 1. The molecule has 0 atom stereocenters. The zero-order chi connectivity index (χ0) is 22.1. The second-order valence-corrected chi connectivity index (χ2v) is 8.91. The summed E-state index contributed by atoms with van der Waals surface area (Å²) in [6, 6.07) is 19.4. The van der Waals surface area contributed by atoms with E-state index in [1.807, 2.05) is 71.7 Å². The summed E-state index contributed by atoms with van der Waals surface area (Å²) in [5.74, 6) is 0. The van der Waals surface area contributed by atoms with E-state index in [0.717, 1.165) is 28.2 Å². The van der Waals surface area contributed by atoms with Crippen molar-refractivity contribution < 1.29 is 0 Å². The second-order valence-electron chi connectivity index (χ2n) is 7.60. The van der Waals surface area contributed by atoms with Crippen LogP contribution in [0.5, 0.6) is 0 Å². The maximum atomic E-state index is 12.3. The molecular weight excluding hydrogens is 442 g/mol. The van der Waals surface area contributed by atoms with Gasteiger partial charge in [0.1, 0.15) is 0 Å². The Bertz CT molecular complexity index is 1420. The summed E-state index contributed by atoms with van der Waals surface area (Å²) in [6.07, 6.45) is 3.81. The van der Waals surface area contributed by atoms with Crippen LogP contribution in [0.15, 0.2) is 83.2 Å². The molecule has 3 heterocycles. The molecule has 0 unspecified atom stereocenters. The van der Waals surface area contributed by atoms with Gasteiger partial charge in [-0.15, -0.1) is 11.3 Å². The molecule has 0 spiro atoms. The number of aromatic nitrogens is 4. The van der Waals surface area contributed by atoms with Crippen molar-refractivity contribution in [1.82, 2.24) is 24.1 Å². The molecule has 5 aromatic rings. The smallest absolute Gasteiger partial charge is 0.258 e. The lowest BCUT2D eigenvalue weighted by molar-refractivity contribution is 0.315. The van der Waals surface area contributed by atoms with Gasteiger partial charge < -0.3 is 0 Å². The Morgan fingerprint density at radius 2 is 1.84 bits per heavy atom. The first-order chi connectivity index (χ1) is 15.6. The molecule has 0 saturated heterocycles. The minimum atomic E-state index is -0.0570. The van der Waals surface area contributed by atoms with Gasteiger partial charge in [-0.1, -0.05) is 41.9 Å². The zero-order valence-corrected chi connectivity index (χ0v) is 18.9. The fourth-order valence-electron chi connectivity index (χ4n) is 3.68. The number of rotatable bonds is 6. The van der Waals surface area contributed by atoms with Gasteiger partial charge in [-0.25, -0.2) is 9.67 Å².